The molecule has 2 heterocycles. The Hall–Kier alpha value is -2.91. The van der Waals surface area contributed by atoms with Crippen molar-refractivity contribution < 1.29 is 23.7 Å². The fourth-order valence-corrected chi connectivity index (χ4v) is 3.43. The van der Waals surface area contributed by atoms with E-state index in [2.05, 4.69) is 0 Å². The van der Waals surface area contributed by atoms with Crippen LogP contribution < -0.4 is 0 Å². The summed E-state index contributed by atoms with van der Waals surface area (Å²) in [5.41, 5.74) is 1.05. The number of methoxy groups -OCH3 is 1. The predicted octanol–water partition coefficient (Wildman–Crippen LogP) is 3.85. The highest BCUT2D eigenvalue weighted by molar-refractivity contribution is 8.18. The molecule has 2 aromatic rings. The van der Waals surface area contributed by atoms with E-state index < -0.39 is 10.8 Å². The van der Waals surface area contributed by atoms with Gasteiger partial charge in [-0.05, 0) is 42.4 Å². The van der Waals surface area contributed by atoms with Crippen molar-refractivity contribution in [1.82, 2.24) is 4.90 Å². The maximum Gasteiger partial charge on any atom is 0.293 e. The molecule has 140 valence electrons. The summed E-state index contributed by atoms with van der Waals surface area (Å²) in [6.07, 6.45) is 1.46. The minimum absolute atomic E-state index is 0.0595. The number of imide groups is 1. The van der Waals surface area contributed by atoms with Gasteiger partial charge < -0.3 is 9.15 Å². The van der Waals surface area contributed by atoms with Gasteiger partial charge in [0.15, 0.2) is 0 Å². The first-order chi connectivity index (χ1) is 12.9. The molecule has 0 N–H and O–H groups in total. The molecular weight excluding hydrogens is 372 g/mol. The molecule has 0 unspecified atom stereocenters. The van der Waals surface area contributed by atoms with Gasteiger partial charge in [-0.3, -0.25) is 24.6 Å². The third-order valence-electron chi connectivity index (χ3n) is 3.91. The van der Waals surface area contributed by atoms with Gasteiger partial charge in [-0.25, -0.2) is 0 Å². The van der Waals surface area contributed by atoms with Crippen LogP contribution >= 0.6 is 11.8 Å². The van der Waals surface area contributed by atoms with Gasteiger partial charge in [0.25, 0.3) is 16.8 Å². The number of nitro groups is 1. The van der Waals surface area contributed by atoms with Crippen molar-refractivity contribution in [2.24, 2.45) is 0 Å². The Labute approximate surface area is 158 Å². The number of amides is 2. The minimum Gasteiger partial charge on any atom is -0.456 e. The summed E-state index contributed by atoms with van der Waals surface area (Å²) in [5, 5.41) is 10.9. The van der Waals surface area contributed by atoms with Gasteiger partial charge in [-0.15, -0.1) is 0 Å². The molecule has 1 aliphatic heterocycles. The van der Waals surface area contributed by atoms with Gasteiger partial charge in [0.2, 0.25) is 0 Å². The molecule has 0 aliphatic carbocycles. The molecule has 9 heteroatoms. The monoisotopic (exact) mass is 388 g/mol. The molecule has 27 heavy (non-hydrogen) atoms. The lowest BCUT2D eigenvalue weighted by atomic mass is 10.1. The van der Waals surface area contributed by atoms with Crippen LogP contribution in [-0.4, -0.2) is 41.2 Å². The Bertz CT molecular complexity index is 949. The van der Waals surface area contributed by atoms with Gasteiger partial charge >= 0.3 is 0 Å². The fraction of sp³-hybridized carbons (Fsp3) is 0.222. The van der Waals surface area contributed by atoms with Crippen LogP contribution in [0.2, 0.25) is 0 Å². The third-order valence-corrected chi connectivity index (χ3v) is 4.82. The lowest BCUT2D eigenvalue weighted by Gasteiger charge is -2.10. The number of benzene rings is 1. The van der Waals surface area contributed by atoms with Crippen molar-refractivity contribution in [1.29, 1.82) is 0 Å². The van der Waals surface area contributed by atoms with E-state index in [1.54, 1.807) is 31.2 Å². The Morgan fingerprint density at radius 1 is 1.30 bits per heavy atom. The number of hydrogen-bond donors (Lipinski definition) is 0. The zero-order valence-corrected chi connectivity index (χ0v) is 15.4. The number of furan rings is 1. The number of hydrogen-bond acceptors (Lipinski definition) is 7. The minimum atomic E-state index is -0.467. The van der Waals surface area contributed by atoms with E-state index in [1.165, 1.54) is 19.3 Å². The van der Waals surface area contributed by atoms with Crippen LogP contribution in [0.5, 0.6) is 0 Å². The molecule has 0 spiro atoms. The summed E-state index contributed by atoms with van der Waals surface area (Å²) in [6, 6.07) is 8.04. The maximum absolute atomic E-state index is 12.3. The molecule has 8 nitrogen and oxygen atoms in total. The summed E-state index contributed by atoms with van der Waals surface area (Å²) in [6.45, 7) is 2.20. The van der Waals surface area contributed by atoms with Crippen LogP contribution in [0.4, 0.5) is 10.5 Å². The summed E-state index contributed by atoms with van der Waals surface area (Å²) in [5.74, 6) is 0.227. The number of thioether (sulfide) groups is 1. The highest BCUT2D eigenvalue weighted by Gasteiger charge is 2.34. The molecule has 2 amide bonds. The maximum atomic E-state index is 12.3. The standard InChI is InChI=1S/C18H16N2O6S/c1-11-3-5-13(14(9-11)20(23)24)15-6-4-12(26-15)10-16-17(21)19(7-8-25-2)18(22)27-16/h3-6,9-10H,7-8H2,1-2H3/b16-10+. The zero-order valence-electron chi connectivity index (χ0n) is 14.6. The molecule has 1 aliphatic rings. The number of aryl methyl sites for hydroxylation is 1. The van der Waals surface area contributed by atoms with E-state index in [1.807, 2.05) is 0 Å². The van der Waals surface area contributed by atoms with E-state index in [9.17, 15) is 19.7 Å². The van der Waals surface area contributed by atoms with Crippen LogP contribution in [0.1, 0.15) is 11.3 Å². The number of ether oxygens (including phenoxy) is 1. The molecule has 3 rings (SSSR count). The van der Waals surface area contributed by atoms with E-state index in [0.29, 0.717) is 17.1 Å². The van der Waals surface area contributed by atoms with Crippen molar-refractivity contribution in [3.05, 3.63) is 56.7 Å². The average Bonchev–Trinajstić information content (AvgIpc) is 3.19. The second-order valence-corrected chi connectivity index (χ2v) is 6.80. The zero-order chi connectivity index (χ0) is 19.6. The molecular formula is C18H16N2O6S. The number of carbonyl (C=O) groups excluding carboxylic acids is 2. The van der Waals surface area contributed by atoms with Crippen LogP contribution in [-0.2, 0) is 9.53 Å². The molecule has 0 radical (unpaired) electrons. The first kappa shape index (κ1) is 18.9. The highest BCUT2D eigenvalue weighted by Crippen LogP contribution is 2.35. The molecule has 1 aromatic carbocycles. The summed E-state index contributed by atoms with van der Waals surface area (Å²) in [4.78, 5) is 36.4. The van der Waals surface area contributed by atoms with Crippen molar-refractivity contribution in [3.63, 3.8) is 0 Å². The largest absolute Gasteiger partial charge is 0.456 e. The number of nitro benzene ring substituents is 1. The molecule has 1 saturated heterocycles. The van der Waals surface area contributed by atoms with Crippen molar-refractivity contribution in [3.8, 4) is 11.3 Å². The predicted molar refractivity (Wildman–Crippen MR) is 100 cm³/mol. The first-order valence-corrected chi connectivity index (χ1v) is 8.82. The van der Waals surface area contributed by atoms with Gasteiger partial charge in [0.1, 0.15) is 11.5 Å². The van der Waals surface area contributed by atoms with E-state index >= 15 is 0 Å². The first-order valence-electron chi connectivity index (χ1n) is 8.00. The van der Waals surface area contributed by atoms with Gasteiger partial charge in [-0.2, -0.15) is 0 Å². The van der Waals surface area contributed by atoms with Gasteiger partial charge in [0.05, 0.1) is 28.5 Å². The number of rotatable bonds is 6. The Morgan fingerprint density at radius 3 is 2.78 bits per heavy atom. The quantitative estimate of drug-likeness (QED) is 0.421. The second kappa shape index (κ2) is 7.77. The van der Waals surface area contributed by atoms with E-state index in [4.69, 9.17) is 9.15 Å². The van der Waals surface area contributed by atoms with Crippen molar-refractivity contribution in [2.45, 2.75) is 6.92 Å². The third kappa shape index (κ3) is 3.93. The second-order valence-electron chi connectivity index (χ2n) is 5.81. The van der Waals surface area contributed by atoms with Gasteiger partial charge in [0, 0.05) is 19.3 Å². The summed E-state index contributed by atoms with van der Waals surface area (Å²) in [7, 11) is 1.49. The molecule has 0 atom stereocenters. The Morgan fingerprint density at radius 2 is 2.07 bits per heavy atom. The number of nitrogens with zero attached hydrogens (tertiary/aromatic N) is 2. The number of carbonyl (C=O) groups is 2. The molecule has 0 bridgehead atoms. The van der Waals surface area contributed by atoms with Crippen LogP contribution in [0.3, 0.4) is 0 Å². The smallest absolute Gasteiger partial charge is 0.293 e. The Kier molecular flexibility index (Phi) is 5.43. The molecule has 1 aromatic heterocycles. The van der Waals surface area contributed by atoms with Gasteiger partial charge in [-0.1, -0.05) is 6.07 Å². The SMILES string of the molecule is COCCN1C(=O)S/C(=C/c2ccc(-c3ccc(C)cc3[N+](=O)[O-])o2)C1=O. The highest BCUT2D eigenvalue weighted by atomic mass is 32.2. The van der Waals surface area contributed by atoms with E-state index in [0.717, 1.165) is 22.2 Å². The summed E-state index contributed by atoms with van der Waals surface area (Å²) >= 11 is 0.817. The molecule has 1 fully saturated rings. The topological polar surface area (TPSA) is 103 Å². The normalized spacial score (nSPS) is 15.8. The average molecular weight is 388 g/mol. The van der Waals surface area contributed by atoms with Crippen molar-refractivity contribution >= 4 is 34.7 Å². The summed E-state index contributed by atoms with van der Waals surface area (Å²) < 4.78 is 10.6. The van der Waals surface area contributed by atoms with Crippen LogP contribution in [0.15, 0.2) is 39.7 Å². The lowest BCUT2D eigenvalue weighted by Crippen LogP contribution is -2.31. The lowest BCUT2D eigenvalue weighted by molar-refractivity contribution is -0.384. The van der Waals surface area contributed by atoms with Crippen LogP contribution in [0, 0.1) is 17.0 Å². The van der Waals surface area contributed by atoms with Crippen molar-refractivity contribution in [2.75, 3.05) is 20.3 Å². The Balaban J connectivity index is 1.87. The molecule has 0 saturated carbocycles. The van der Waals surface area contributed by atoms with E-state index in [-0.39, 0.29) is 29.0 Å². The van der Waals surface area contributed by atoms with Crippen LogP contribution in [0.25, 0.3) is 17.4 Å². The fourth-order valence-electron chi connectivity index (χ4n) is 2.58.